The van der Waals surface area contributed by atoms with Crippen LogP contribution in [-0.2, 0) is 16.1 Å². The second-order valence-corrected chi connectivity index (χ2v) is 10.2. The fourth-order valence-electron chi connectivity index (χ4n) is 4.80. The first kappa shape index (κ1) is 33.3. The van der Waals surface area contributed by atoms with Crippen molar-refractivity contribution in [3.05, 3.63) is 59.8 Å². The molecule has 3 heterocycles. The van der Waals surface area contributed by atoms with Crippen LogP contribution in [0.25, 0.3) is 16.6 Å². The van der Waals surface area contributed by atoms with Gasteiger partial charge in [-0.3, -0.25) is 9.69 Å². The van der Waals surface area contributed by atoms with Crippen molar-refractivity contribution in [2.75, 3.05) is 26.2 Å². The Kier molecular flexibility index (Phi) is 10.4. The van der Waals surface area contributed by atoms with Crippen LogP contribution >= 0.6 is 0 Å². The molecule has 1 spiro atoms. The van der Waals surface area contributed by atoms with Crippen LogP contribution in [0.4, 0.5) is 26.3 Å². The normalized spacial score (nSPS) is 16.6. The van der Waals surface area contributed by atoms with Crippen LogP contribution in [0.15, 0.2) is 48.7 Å². The van der Waals surface area contributed by atoms with Crippen molar-refractivity contribution in [3.63, 3.8) is 0 Å². The Hall–Kier alpha value is -4.18. The molecule has 16 heteroatoms. The summed E-state index contributed by atoms with van der Waals surface area (Å²) in [5, 5.41) is 23.3. The van der Waals surface area contributed by atoms with Crippen molar-refractivity contribution >= 4 is 28.7 Å². The van der Waals surface area contributed by atoms with E-state index in [2.05, 4.69) is 39.6 Å². The third kappa shape index (κ3) is 9.15. The Bertz CT molecular complexity index is 1400. The number of carboxylic acids is 2. The molecule has 1 amide bonds. The van der Waals surface area contributed by atoms with Crippen LogP contribution in [0, 0.1) is 5.41 Å². The van der Waals surface area contributed by atoms with Gasteiger partial charge in [0, 0.05) is 24.7 Å². The number of nitrogens with one attached hydrogen (secondary N) is 1. The number of fused-ring (bicyclic) bond motifs is 1. The molecule has 5 rings (SSSR count). The molecule has 0 radical (unpaired) electrons. The molecule has 2 aliphatic rings. The molecule has 0 atom stereocenters. The van der Waals surface area contributed by atoms with E-state index in [-0.39, 0.29) is 0 Å². The van der Waals surface area contributed by atoms with Gasteiger partial charge in [0.05, 0.1) is 11.3 Å². The second-order valence-electron chi connectivity index (χ2n) is 10.2. The molecule has 2 aliphatic heterocycles. The average Bonchev–Trinajstić information content (AvgIpc) is 3.57. The van der Waals surface area contributed by atoms with E-state index < -0.39 is 30.2 Å². The molecule has 5 N–H and O–H groups in total. The van der Waals surface area contributed by atoms with Gasteiger partial charge >= 0.3 is 24.3 Å². The maximum atomic E-state index is 11.6. The zero-order valence-electron chi connectivity index (χ0n) is 22.6. The minimum absolute atomic E-state index is 0.451. The molecule has 0 aliphatic carbocycles. The second kappa shape index (κ2) is 13.4. The molecule has 10 nitrogen and oxygen atoms in total. The van der Waals surface area contributed by atoms with Crippen LogP contribution in [0.3, 0.4) is 0 Å². The van der Waals surface area contributed by atoms with E-state index >= 15 is 0 Å². The number of nitrogens with two attached hydrogens (primary N) is 1. The summed E-state index contributed by atoms with van der Waals surface area (Å²) in [5.41, 5.74) is 9.45. The molecule has 0 bridgehead atoms. The number of halogens is 6. The number of likely N-dealkylation sites (tertiary alicyclic amines) is 1. The minimum Gasteiger partial charge on any atom is -0.475 e. The number of alkyl halides is 6. The lowest BCUT2D eigenvalue weighted by Gasteiger charge is -2.38. The van der Waals surface area contributed by atoms with Gasteiger partial charge in [0.2, 0.25) is 0 Å². The van der Waals surface area contributed by atoms with E-state index in [1.54, 1.807) is 6.07 Å². The number of carboxylic acid groups (broad SMARTS) is 2. The van der Waals surface area contributed by atoms with E-state index in [0.29, 0.717) is 16.5 Å². The number of carbonyl (C=O) groups is 3. The summed E-state index contributed by atoms with van der Waals surface area (Å²) in [6, 6.07) is 14.0. The zero-order chi connectivity index (χ0) is 32.0. The monoisotopic (exact) mass is 617 g/mol. The van der Waals surface area contributed by atoms with Crippen molar-refractivity contribution in [1.29, 1.82) is 0 Å². The van der Waals surface area contributed by atoms with Crippen molar-refractivity contribution < 1.29 is 50.9 Å². The first-order valence-corrected chi connectivity index (χ1v) is 12.9. The van der Waals surface area contributed by atoms with Crippen molar-refractivity contribution in [2.45, 2.75) is 38.2 Å². The third-order valence-corrected chi connectivity index (χ3v) is 7.14. The first-order valence-electron chi connectivity index (χ1n) is 12.9. The molecule has 43 heavy (non-hydrogen) atoms. The number of hydrogen-bond acceptors (Lipinski definition) is 6. The Morgan fingerprint density at radius 3 is 1.93 bits per heavy atom. The molecule has 0 unspecified atom stereocenters. The number of rotatable bonds is 4. The summed E-state index contributed by atoms with van der Waals surface area (Å²) < 4.78 is 65.3. The van der Waals surface area contributed by atoms with E-state index in [9.17, 15) is 31.1 Å². The van der Waals surface area contributed by atoms with Crippen molar-refractivity contribution in [3.8, 4) is 5.69 Å². The van der Waals surface area contributed by atoms with Gasteiger partial charge in [-0.25, -0.2) is 14.3 Å². The number of amides is 1. The number of piperidine rings is 1. The quantitative estimate of drug-likeness (QED) is 0.321. The SMILES string of the molecule is NC(=O)c1cccc2cn(-c3ccc(CN4CCC5(CCNC5)CC4)cc3)nc12.O=C(O)C(F)(F)F.O=C(O)C(F)(F)F. The lowest BCUT2D eigenvalue weighted by atomic mass is 9.78. The summed E-state index contributed by atoms with van der Waals surface area (Å²) in [5.74, 6) is -5.96. The molecule has 1 aromatic heterocycles. The molecule has 2 fully saturated rings. The van der Waals surface area contributed by atoms with Crippen LogP contribution in [0.2, 0.25) is 0 Å². The molecule has 234 valence electrons. The molecule has 2 saturated heterocycles. The summed E-state index contributed by atoms with van der Waals surface area (Å²) in [6.45, 7) is 5.75. The number of benzene rings is 2. The lowest BCUT2D eigenvalue weighted by molar-refractivity contribution is -0.193. The third-order valence-electron chi connectivity index (χ3n) is 7.14. The number of nitrogens with zero attached hydrogens (tertiary/aromatic N) is 3. The average molecular weight is 618 g/mol. The number of aliphatic carboxylic acids is 2. The predicted molar refractivity (Wildman–Crippen MR) is 141 cm³/mol. The van der Waals surface area contributed by atoms with Crippen LogP contribution in [-0.4, -0.2) is 81.3 Å². The van der Waals surface area contributed by atoms with E-state index in [0.717, 1.165) is 17.6 Å². The maximum Gasteiger partial charge on any atom is 0.490 e. The van der Waals surface area contributed by atoms with Crippen LogP contribution in [0.5, 0.6) is 0 Å². The van der Waals surface area contributed by atoms with Gasteiger partial charge in [0.1, 0.15) is 5.52 Å². The Balaban J connectivity index is 0.000000303. The number of primary amides is 1. The molecule has 2 aromatic carbocycles. The smallest absolute Gasteiger partial charge is 0.475 e. The summed E-state index contributed by atoms with van der Waals surface area (Å²) in [7, 11) is 0. The van der Waals surface area contributed by atoms with Gasteiger partial charge in [0.15, 0.2) is 0 Å². The fourth-order valence-corrected chi connectivity index (χ4v) is 4.80. The van der Waals surface area contributed by atoms with Gasteiger partial charge in [-0.1, -0.05) is 24.3 Å². The zero-order valence-corrected chi connectivity index (χ0v) is 22.6. The summed E-state index contributed by atoms with van der Waals surface area (Å²) >= 11 is 0. The van der Waals surface area contributed by atoms with Gasteiger partial charge in [-0.15, -0.1) is 0 Å². The minimum atomic E-state index is -5.08. The maximum absolute atomic E-state index is 11.6. The summed E-state index contributed by atoms with van der Waals surface area (Å²) in [6.07, 6.45) is -4.28. The highest BCUT2D eigenvalue weighted by Gasteiger charge is 2.39. The Labute approximate surface area is 241 Å². The summed E-state index contributed by atoms with van der Waals surface area (Å²) in [4.78, 5) is 32.0. The fraction of sp³-hybridized carbons (Fsp3) is 0.407. The van der Waals surface area contributed by atoms with E-state index in [1.807, 2.05) is 23.0 Å². The largest absolute Gasteiger partial charge is 0.490 e. The highest BCUT2D eigenvalue weighted by molar-refractivity contribution is 6.04. The Morgan fingerprint density at radius 2 is 1.47 bits per heavy atom. The van der Waals surface area contributed by atoms with Crippen LogP contribution in [0.1, 0.15) is 35.2 Å². The van der Waals surface area contributed by atoms with E-state index in [1.165, 1.54) is 51.0 Å². The highest BCUT2D eigenvalue weighted by atomic mass is 19.4. The van der Waals surface area contributed by atoms with Gasteiger partial charge < -0.3 is 21.3 Å². The topological polar surface area (TPSA) is 151 Å². The number of carbonyl (C=O) groups excluding carboxylic acids is 1. The van der Waals surface area contributed by atoms with Crippen molar-refractivity contribution in [2.24, 2.45) is 11.1 Å². The highest BCUT2D eigenvalue weighted by Crippen LogP contribution is 2.37. The lowest BCUT2D eigenvalue weighted by Crippen LogP contribution is -2.40. The van der Waals surface area contributed by atoms with Gasteiger partial charge in [-0.05, 0) is 68.1 Å². The van der Waals surface area contributed by atoms with Crippen LogP contribution < -0.4 is 11.1 Å². The first-order chi connectivity index (χ1) is 20.0. The van der Waals surface area contributed by atoms with Gasteiger partial charge in [-0.2, -0.15) is 31.4 Å². The number of hydrogen-bond donors (Lipinski definition) is 4. The molecular weight excluding hydrogens is 588 g/mol. The predicted octanol–water partition coefficient (Wildman–Crippen LogP) is 3.97. The van der Waals surface area contributed by atoms with Gasteiger partial charge in [0.25, 0.3) is 5.91 Å². The Morgan fingerprint density at radius 1 is 0.907 bits per heavy atom. The molecule has 3 aromatic rings. The number of aromatic nitrogens is 2. The molecule has 0 saturated carbocycles. The standard InChI is InChI=1S/C23H27N5O.2C2HF3O2/c24-22(29)20-3-1-2-18-15-28(26-21(18)20)19-6-4-17(5-7-19)14-27-12-9-23(10-13-27)8-11-25-16-23;2*3-2(4,5)1(6)7/h1-7,15,25H,8-14,16H2,(H2,24,29);2*(H,6,7). The van der Waals surface area contributed by atoms with Crippen molar-refractivity contribution in [1.82, 2.24) is 20.0 Å². The molecular formula is C27H29F6N5O5. The van der Waals surface area contributed by atoms with E-state index in [4.69, 9.17) is 25.5 Å².